The zero-order chi connectivity index (χ0) is 23.4. The molecule has 2 atom stereocenters. The predicted octanol–water partition coefficient (Wildman–Crippen LogP) is 4.02. The summed E-state index contributed by atoms with van der Waals surface area (Å²) in [6.45, 7) is 9.36. The molecule has 2 aliphatic rings. The second-order valence-electron chi connectivity index (χ2n) is 9.25. The SMILES string of the molecule is CCCC(=O)N[C@@H](CCN1CC2=CN(C(=O)c3c(C)ccnc3C)CC2C1)c1ccccc1. The smallest absolute Gasteiger partial charge is 0.259 e. The molecule has 6 nitrogen and oxygen atoms in total. The number of nitrogens with zero attached hydrogens (tertiary/aromatic N) is 3. The van der Waals surface area contributed by atoms with Crippen LogP contribution in [0.3, 0.4) is 0 Å². The Hall–Kier alpha value is -2.99. The van der Waals surface area contributed by atoms with Gasteiger partial charge in [0.15, 0.2) is 0 Å². The first-order chi connectivity index (χ1) is 16.0. The molecule has 0 bridgehead atoms. The van der Waals surface area contributed by atoms with E-state index in [1.54, 1.807) is 6.20 Å². The summed E-state index contributed by atoms with van der Waals surface area (Å²) in [5.74, 6) is 0.549. The first-order valence-electron chi connectivity index (χ1n) is 12.0. The quantitative estimate of drug-likeness (QED) is 0.665. The fourth-order valence-electron chi connectivity index (χ4n) is 4.98. The number of nitrogens with one attached hydrogen (secondary N) is 1. The number of aryl methyl sites for hydroxylation is 2. The van der Waals surface area contributed by atoms with Crippen molar-refractivity contribution in [2.75, 3.05) is 26.2 Å². The largest absolute Gasteiger partial charge is 0.349 e. The monoisotopic (exact) mass is 446 g/mol. The summed E-state index contributed by atoms with van der Waals surface area (Å²) in [5, 5.41) is 3.22. The zero-order valence-electron chi connectivity index (χ0n) is 19.9. The van der Waals surface area contributed by atoms with Gasteiger partial charge in [0.2, 0.25) is 5.91 Å². The van der Waals surface area contributed by atoms with Crippen molar-refractivity contribution in [1.29, 1.82) is 0 Å². The standard InChI is InChI=1S/C27H34N4O2/c1-4-8-25(32)29-24(21-9-6-5-7-10-21)12-14-30-15-22-17-31(18-23(22)16-30)27(33)26-19(2)11-13-28-20(26)3/h5-7,9-11,13,17,23-24H,4,8,12,14-16,18H2,1-3H3,(H,29,32)/t23?,24-/m0/s1. The summed E-state index contributed by atoms with van der Waals surface area (Å²) in [6.07, 6.45) is 6.08. The Morgan fingerprint density at radius 3 is 2.64 bits per heavy atom. The van der Waals surface area contributed by atoms with Crippen molar-refractivity contribution < 1.29 is 9.59 Å². The molecule has 3 heterocycles. The maximum atomic E-state index is 13.1. The molecule has 1 N–H and O–H groups in total. The summed E-state index contributed by atoms with van der Waals surface area (Å²) < 4.78 is 0. The van der Waals surface area contributed by atoms with Crippen LogP contribution in [0.15, 0.2) is 54.4 Å². The van der Waals surface area contributed by atoms with E-state index in [2.05, 4.69) is 33.5 Å². The number of rotatable bonds is 8. The van der Waals surface area contributed by atoms with Crippen molar-refractivity contribution in [3.63, 3.8) is 0 Å². The Kier molecular flexibility index (Phi) is 7.23. The third-order valence-electron chi connectivity index (χ3n) is 6.72. The van der Waals surface area contributed by atoms with Crippen LogP contribution in [-0.2, 0) is 4.79 Å². The lowest BCUT2D eigenvalue weighted by atomic mass is 10.0. The van der Waals surface area contributed by atoms with Crippen molar-refractivity contribution in [2.45, 2.75) is 46.1 Å². The molecular formula is C27H34N4O2. The van der Waals surface area contributed by atoms with Crippen molar-refractivity contribution >= 4 is 11.8 Å². The highest BCUT2D eigenvalue weighted by molar-refractivity contribution is 5.97. The summed E-state index contributed by atoms with van der Waals surface area (Å²) in [4.78, 5) is 34.0. The van der Waals surface area contributed by atoms with Gasteiger partial charge in [0, 0.05) is 50.9 Å². The molecule has 0 aliphatic carbocycles. The average Bonchev–Trinajstić information content (AvgIpc) is 3.36. The molecule has 1 aromatic heterocycles. The topological polar surface area (TPSA) is 65.5 Å². The second kappa shape index (κ2) is 10.3. The fourth-order valence-corrected chi connectivity index (χ4v) is 4.98. The number of hydrogen-bond acceptors (Lipinski definition) is 4. The van der Waals surface area contributed by atoms with E-state index in [-0.39, 0.29) is 17.9 Å². The van der Waals surface area contributed by atoms with Gasteiger partial charge in [-0.25, -0.2) is 0 Å². The van der Waals surface area contributed by atoms with Gasteiger partial charge in [-0.05, 0) is 49.5 Å². The summed E-state index contributed by atoms with van der Waals surface area (Å²) >= 11 is 0. The van der Waals surface area contributed by atoms with Gasteiger partial charge in [0.05, 0.1) is 17.3 Å². The Balaban J connectivity index is 1.37. The number of pyridine rings is 1. The van der Waals surface area contributed by atoms with Gasteiger partial charge in [0.1, 0.15) is 0 Å². The van der Waals surface area contributed by atoms with Crippen LogP contribution >= 0.6 is 0 Å². The van der Waals surface area contributed by atoms with Gasteiger partial charge in [-0.15, -0.1) is 0 Å². The summed E-state index contributed by atoms with van der Waals surface area (Å²) in [7, 11) is 0. The van der Waals surface area contributed by atoms with Crippen molar-refractivity contribution in [2.24, 2.45) is 5.92 Å². The molecule has 1 aromatic carbocycles. The number of benzene rings is 1. The number of amides is 2. The minimum absolute atomic E-state index is 0.0225. The maximum Gasteiger partial charge on any atom is 0.259 e. The highest BCUT2D eigenvalue weighted by atomic mass is 16.2. The van der Waals surface area contributed by atoms with Gasteiger partial charge < -0.3 is 10.2 Å². The van der Waals surface area contributed by atoms with E-state index in [4.69, 9.17) is 0 Å². The molecule has 0 radical (unpaired) electrons. The van der Waals surface area contributed by atoms with Crippen molar-refractivity contribution in [1.82, 2.24) is 20.1 Å². The third-order valence-corrected chi connectivity index (χ3v) is 6.72. The van der Waals surface area contributed by atoms with Crippen LogP contribution in [0.25, 0.3) is 0 Å². The van der Waals surface area contributed by atoms with Crippen LogP contribution in [0.2, 0.25) is 0 Å². The van der Waals surface area contributed by atoms with Crippen LogP contribution in [0.5, 0.6) is 0 Å². The first kappa shape index (κ1) is 23.2. The highest BCUT2D eigenvalue weighted by Crippen LogP contribution is 2.32. The number of carbonyl (C=O) groups excluding carboxylic acids is 2. The Morgan fingerprint density at radius 2 is 1.94 bits per heavy atom. The summed E-state index contributed by atoms with van der Waals surface area (Å²) in [6, 6.07) is 12.1. The Bertz CT molecular complexity index is 1010. The molecule has 1 unspecified atom stereocenters. The maximum absolute atomic E-state index is 13.1. The molecule has 4 rings (SSSR count). The molecule has 2 amide bonds. The van der Waals surface area contributed by atoms with Crippen LogP contribution in [-0.4, -0.2) is 52.8 Å². The zero-order valence-corrected chi connectivity index (χ0v) is 19.9. The molecular weight excluding hydrogens is 412 g/mol. The molecule has 0 saturated carbocycles. The minimum atomic E-state index is 0.0225. The highest BCUT2D eigenvalue weighted by Gasteiger charge is 2.36. The van der Waals surface area contributed by atoms with Crippen LogP contribution in [0.1, 0.15) is 59.4 Å². The van der Waals surface area contributed by atoms with Crippen LogP contribution in [0.4, 0.5) is 0 Å². The number of carbonyl (C=O) groups is 2. The Morgan fingerprint density at radius 1 is 1.15 bits per heavy atom. The molecule has 2 aliphatic heterocycles. The minimum Gasteiger partial charge on any atom is -0.349 e. The number of likely N-dealkylation sites (tertiary alicyclic amines) is 1. The summed E-state index contributed by atoms with van der Waals surface area (Å²) in [5.41, 5.74) is 4.96. The molecule has 0 spiro atoms. The van der Waals surface area contributed by atoms with Crippen molar-refractivity contribution in [3.05, 3.63) is 76.8 Å². The molecule has 174 valence electrons. The third kappa shape index (κ3) is 5.33. The second-order valence-corrected chi connectivity index (χ2v) is 9.25. The number of hydrogen-bond donors (Lipinski definition) is 1. The van der Waals surface area contributed by atoms with Gasteiger partial charge in [-0.3, -0.25) is 19.5 Å². The van der Waals surface area contributed by atoms with Crippen LogP contribution in [0, 0.1) is 19.8 Å². The fraction of sp³-hybridized carbons (Fsp3) is 0.444. The van der Waals surface area contributed by atoms with E-state index in [1.165, 1.54) is 5.57 Å². The number of fused-ring (bicyclic) bond motifs is 1. The van der Waals surface area contributed by atoms with E-state index in [0.29, 0.717) is 12.3 Å². The lowest BCUT2D eigenvalue weighted by Crippen LogP contribution is -2.33. The van der Waals surface area contributed by atoms with Gasteiger partial charge in [0.25, 0.3) is 5.91 Å². The van der Waals surface area contributed by atoms with E-state index in [9.17, 15) is 9.59 Å². The van der Waals surface area contributed by atoms with E-state index in [0.717, 1.165) is 61.4 Å². The van der Waals surface area contributed by atoms with E-state index >= 15 is 0 Å². The molecule has 6 heteroatoms. The Labute approximate surface area is 196 Å². The lowest BCUT2D eigenvalue weighted by molar-refractivity contribution is -0.121. The van der Waals surface area contributed by atoms with Crippen LogP contribution < -0.4 is 5.32 Å². The normalized spacial score (nSPS) is 18.7. The molecule has 1 fully saturated rings. The average molecular weight is 447 g/mol. The van der Waals surface area contributed by atoms with E-state index in [1.807, 2.05) is 49.9 Å². The molecule has 33 heavy (non-hydrogen) atoms. The van der Waals surface area contributed by atoms with Gasteiger partial charge >= 0.3 is 0 Å². The van der Waals surface area contributed by atoms with E-state index < -0.39 is 0 Å². The van der Waals surface area contributed by atoms with Gasteiger partial charge in [-0.1, -0.05) is 37.3 Å². The number of aromatic nitrogens is 1. The van der Waals surface area contributed by atoms with Gasteiger partial charge in [-0.2, -0.15) is 0 Å². The first-order valence-corrected chi connectivity index (χ1v) is 12.0. The lowest BCUT2D eigenvalue weighted by Gasteiger charge is -2.24. The predicted molar refractivity (Wildman–Crippen MR) is 130 cm³/mol. The molecule has 1 saturated heterocycles. The molecule has 2 aromatic rings. The van der Waals surface area contributed by atoms with Crippen molar-refractivity contribution in [3.8, 4) is 0 Å².